The number of carbonyl (C=O) groups excluding carboxylic acids is 1. The fourth-order valence-electron chi connectivity index (χ4n) is 1.87. The van der Waals surface area contributed by atoms with Crippen molar-refractivity contribution < 1.29 is 14.7 Å². The topological polar surface area (TPSA) is 84.2 Å². The minimum atomic E-state index is -1.01. The SMILES string of the molecule is Cc1nn(-c2ccccc2)cc1C(=O)NCC(C)(C)C(=O)O. The van der Waals surface area contributed by atoms with Crippen molar-refractivity contribution in [1.29, 1.82) is 0 Å². The van der Waals surface area contributed by atoms with Gasteiger partial charge in [-0.05, 0) is 32.9 Å². The van der Waals surface area contributed by atoms with Crippen molar-refractivity contribution in [3.05, 3.63) is 47.8 Å². The number of carboxylic acid groups (broad SMARTS) is 1. The van der Waals surface area contributed by atoms with Gasteiger partial charge in [0.05, 0.1) is 22.4 Å². The average Bonchev–Trinajstić information content (AvgIpc) is 2.88. The molecule has 1 aromatic heterocycles. The van der Waals surface area contributed by atoms with Crippen molar-refractivity contribution in [3.63, 3.8) is 0 Å². The molecule has 2 aromatic rings. The number of aliphatic carboxylic acids is 1. The Morgan fingerprint density at radius 3 is 2.50 bits per heavy atom. The van der Waals surface area contributed by atoms with Gasteiger partial charge in [0.25, 0.3) is 5.91 Å². The van der Waals surface area contributed by atoms with Crippen LogP contribution in [0.4, 0.5) is 0 Å². The lowest BCUT2D eigenvalue weighted by molar-refractivity contribution is -0.146. The Labute approximate surface area is 128 Å². The van der Waals surface area contributed by atoms with Gasteiger partial charge >= 0.3 is 5.97 Å². The third-order valence-electron chi connectivity index (χ3n) is 3.43. The summed E-state index contributed by atoms with van der Waals surface area (Å²) >= 11 is 0. The molecular formula is C16H19N3O3. The number of aromatic nitrogens is 2. The molecule has 0 aliphatic heterocycles. The smallest absolute Gasteiger partial charge is 0.310 e. The Balaban J connectivity index is 2.15. The van der Waals surface area contributed by atoms with Crippen LogP contribution in [0.1, 0.15) is 29.9 Å². The molecule has 1 amide bonds. The Kier molecular flexibility index (Phi) is 4.30. The normalized spacial score (nSPS) is 11.2. The molecule has 116 valence electrons. The van der Waals surface area contributed by atoms with E-state index in [1.165, 1.54) is 0 Å². The van der Waals surface area contributed by atoms with Crippen molar-refractivity contribution >= 4 is 11.9 Å². The van der Waals surface area contributed by atoms with E-state index in [-0.39, 0.29) is 12.5 Å². The first-order valence-electron chi connectivity index (χ1n) is 6.94. The maximum absolute atomic E-state index is 12.2. The van der Waals surface area contributed by atoms with Gasteiger partial charge < -0.3 is 10.4 Å². The van der Waals surface area contributed by atoms with Gasteiger partial charge in [-0.25, -0.2) is 4.68 Å². The largest absolute Gasteiger partial charge is 0.481 e. The summed E-state index contributed by atoms with van der Waals surface area (Å²) in [6, 6.07) is 9.47. The zero-order valence-electron chi connectivity index (χ0n) is 12.8. The van der Waals surface area contributed by atoms with Crippen LogP contribution in [0, 0.1) is 12.3 Å². The third kappa shape index (κ3) is 3.33. The van der Waals surface area contributed by atoms with Gasteiger partial charge in [0.1, 0.15) is 0 Å². The van der Waals surface area contributed by atoms with Gasteiger partial charge in [-0.2, -0.15) is 5.10 Å². The molecule has 6 heteroatoms. The first kappa shape index (κ1) is 15.8. The zero-order chi connectivity index (χ0) is 16.3. The van der Waals surface area contributed by atoms with E-state index in [2.05, 4.69) is 10.4 Å². The maximum Gasteiger partial charge on any atom is 0.310 e. The second kappa shape index (κ2) is 6.01. The molecule has 0 unspecified atom stereocenters. The number of aryl methyl sites for hydroxylation is 1. The molecule has 0 fully saturated rings. The summed E-state index contributed by atoms with van der Waals surface area (Å²) < 4.78 is 1.63. The lowest BCUT2D eigenvalue weighted by Gasteiger charge is -2.19. The predicted octanol–water partition coefficient (Wildman–Crippen LogP) is 2.02. The number of nitrogens with one attached hydrogen (secondary N) is 1. The highest BCUT2D eigenvalue weighted by atomic mass is 16.4. The number of hydrogen-bond donors (Lipinski definition) is 2. The molecule has 0 aliphatic rings. The summed E-state index contributed by atoms with van der Waals surface area (Å²) in [5, 5.41) is 16.0. The molecule has 22 heavy (non-hydrogen) atoms. The Morgan fingerprint density at radius 2 is 1.91 bits per heavy atom. The van der Waals surface area contributed by atoms with Crippen LogP contribution in [0.25, 0.3) is 5.69 Å². The Morgan fingerprint density at radius 1 is 1.27 bits per heavy atom. The summed E-state index contributed by atoms with van der Waals surface area (Å²) in [7, 11) is 0. The molecule has 0 aliphatic carbocycles. The summed E-state index contributed by atoms with van der Waals surface area (Å²) in [5.41, 5.74) is 0.869. The second-order valence-electron chi connectivity index (χ2n) is 5.78. The van der Waals surface area contributed by atoms with Gasteiger partial charge in [0.2, 0.25) is 0 Å². The second-order valence-corrected chi connectivity index (χ2v) is 5.78. The summed E-state index contributed by atoms with van der Waals surface area (Å²) in [6.07, 6.45) is 1.65. The van der Waals surface area contributed by atoms with Gasteiger partial charge in [0.15, 0.2) is 0 Å². The molecule has 1 aromatic carbocycles. The van der Waals surface area contributed by atoms with Gasteiger partial charge in [-0.1, -0.05) is 18.2 Å². The Bertz CT molecular complexity index is 690. The summed E-state index contributed by atoms with van der Waals surface area (Å²) in [4.78, 5) is 23.3. The van der Waals surface area contributed by atoms with Gasteiger partial charge in [-0.15, -0.1) is 0 Å². The molecule has 1 heterocycles. The van der Waals surface area contributed by atoms with Crippen LogP contribution in [-0.4, -0.2) is 33.3 Å². The number of carbonyl (C=O) groups is 2. The van der Waals surface area contributed by atoms with Crippen LogP contribution < -0.4 is 5.32 Å². The molecule has 0 saturated heterocycles. The van der Waals surface area contributed by atoms with E-state index in [0.717, 1.165) is 5.69 Å². The number of benzene rings is 1. The quantitative estimate of drug-likeness (QED) is 0.885. The monoisotopic (exact) mass is 301 g/mol. The molecule has 0 bridgehead atoms. The highest BCUT2D eigenvalue weighted by Crippen LogP contribution is 2.15. The molecule has 0 atom stereocenters. The van der Waals surface area contributed by atoms with Gasteiger partial charge in [0, 0.05) is 12.7 Å². The maximum atomic E-state index is 12.2. The van der Waals surface area contributed by atoms with E-state index in [4.69, 9.17) is 5.11 Å². The highest BCUT2D eigenvalue weighted by Gasteiger charge is 2.28. The molecule has 0 radical (unpaired) electrons. The fraction of sp³-hybridized carbons (Fsp3) is 0.312. The number of hydrogen-bond acceptors (Lipinski definition) is 3. The van der Waals surface area contributed by atoms with Crippen molar-refractivity contribution in [1.82, 2.24) is 15.1 Å². The summed E-state index contributed by atoms with van der Waals surface area (Å²) in [5.74, 6) is -1.28. The van der Waals surface area contributed by atoms with E-state index in [1.54, 1.807) is 31.6 Å². The van der Waals surface area contributed by atoms with Crippen LogP contribution >= 0.6 is 0 Å². The van der Waals surface area contributed by atoms with Crippen LogP contribution in [-0.2, 0) is 4.79 Å². The molecular weight excluding hydrogens is 282 g/mol. The standard InChI is InChI=1S/C16H19N3O3/c1-11-13(14(20)17-10-16(2,3)15(21)22)9-19(18-11)12-7-5-4-6-8-12/h4-9H,10H2,1-3H3,(H,17,20)(H,21,22). The number of para-hydroxylation sites is 1. The zero-order valence-corrected chi connectivity index (χ0v) is 12.8. The number of nitrogens with zero attached hydrogens (tertiary/aromatic N) is 2. The van der Waals surface area contributed by atoms with Crippen molar-refractivity contribution in [2.75, 3.05) is 6.54 Å². The lowest BCUT2D eigenvalue weighted by Crippen LogP contribution is -2.39. The molecule has 0 saturated carbocycles. The van der Waals surface area contributed by atoms with Gasteiger partial charge in [-0.3, -0.25) is 9.59 Å². The van der Waals surface area contributed by atoms with Crippen molar-refractivity contribution in [3.8, 4) is 5.69 Å². The minimum Gasteiger partial charge on any atom is -0.481 e. The molecule has 2 N–H and O–H groups in total. The number of amides is 1. The van der Waals surface area contributed by atoms with Crippen LogP contribution in [0.15, 0.2) is 36.5 Å². The van der Waals surface area contributed by atoms with E-state index < -0.39 is 11.4 Å². The average molecular weight is 301 g/mol. The minimum absolute atomic E-state index is 0.0527. The van der Waals surface area contributed by atoms with Crippen LogP contribution in [0.3, 0.4) is 0 Å². The molecule has 0 spiro atoms. The van der Waals surface area contributed by atoms with Crippen LogP contribution in [0.5, 0.6) is 0 Å². The third-order valence-corrected chi connectivity index (χ3v) is 3.43. The van der Waals surface area contributed by atoms with Crippen molar-refractivity contribution in [2.45, 2.75) is 20.8 Å². The number of carboxylic acids is 1. The van der Waals surface area contributed by atoms with Crippen LogP contribution in [0.2, 0.25) is 0 Å². The molecule has 2 rings (SSSR count). The van der Waals surface area contributed by atoms with E-state index in [0.29, 0.717) is 11.3 Å². The van der Waals surface area contributed by atoms with E-state index >= 15 is 0 Å². The predicted molar refractivity (Wildman–Crippen MR) is 82.1 cm³/mol. The Hall–Kier alpha value is -2.63. The molecule has 6 nitrogen and oxygen atoms in total. The van der Waals surface area contributed by atoms with E-state index in [9.17, 15) is 9.59 Å². The van der Waals surface area contributed by atoms with E-state index in [1.807, 2.05) is 30.3 Å². The number of rotatable bonds is 5. The first-order chi connectivity index (χ1) is 10.3. The highest BCUT2D eigenvalue weighted by molar-refractivity contribution is 5.95. The summed E-state index contributed by atoms with van der Waals surface area (Å²) in [6.45, 7) is 4.93. The van der Waals surface area contributed by atoms with Crippen molar-refractivity contribution in [2.24, 2.45) is 5.41 Å². The first-order valence-corrected chi connectivity index (χ1v) is 6.94. The lowest BCUT2D eigenvalue weighted by atomic mass is 9.94. The fourth-order valence-corrected chi connectivity index (χ4v) is 1.87.